The van der Waals surface area contributed by atoms with E-state index in [1.165, 1.54) is 6.07 Å². The van der Waals surface area contributed by atoms with Crippen molar-refractivity contribution in [2.75, 3.05) is 0 Å². The second-order valence-corrected chi connectivity index (χ2v) is 5.39. The number of hydrogen-bond donors (Lipinski definition) is 1. The first kappa shape index (κ1) is 15.0. The Morgan fingerprint density at radius 1 is 1.40 bits per heavy atom. The number of hydrogen-bond acceptors (Lipinski definition) is 2. The zero-order valence-corrected chi connectivity index (χ0v) is 12.6. The maximum atomic E-state index is 14.0. The molecule has 0 radical (unpaired) electrons. The highest BCUT2D eigenvalue weighted by molar-refractivity contribution is 6.31. The van der Waals surface area contributed by atoms with Gasteiger partial charge in [0, 0.05) is 19.0 Å². The maximum Gasteiger partial charge on any atom is 0.129 e. The van der Waals surface area contributed by atoms with E-state index >= 15 is 0 Å². The van der Waals surface area contributed by atoms with Crippen LogP contribution >= 0.6 is 11.6 Å². The predicted octanol–water partition coefficient (Wildman–Crippen LogP) is 3.36. The predicted molar refractivity (Wildman–Crippen MR) is 77.2 cm³/mol. The molecule has 1 aromatic carbocycles. The molecule has 0 aliphatic rings. The first-order valence-electron chi connectivity index (χ1n) is 6.54. The lowest BCUT2D eigenvalue weighted by Crippen LogP contribution is -2.30. The highest BCUT2D eigenvalue weighted by Gasteiger charge is 2.32. The second-order valence-electron chi connectivity index (χ2n) is 5.01. The van der Waals surface area contributed by atoms with Crippen molar-refractivity contribution in [3.63, 3.8) is 0 Å². The lowest BCUT2D eigenvalue weighted by molar-refractivity contribution is 0.0273. The van der Waals surface area contributed by atoms with E-state index in [9.17, 15) is 9.50 Å². The summed E-state index contributed by atoms with van der Waals surface area (Å²) in [5.41, 5.74) is 0.403. The van der Waals surface area contributed by atoms with E-state index in [4.69, 9.17) is 11.6 Å². The molecule has 5 heteroatoms. The van der Waals surface area contributed by atoms with Gasteiger partial charge >= 0.3 is 0 Å². The van der Waals surface area contributed by atoms with Crippen LogP contribution in [0, 0.1) is 12.7 Å². The zero-order valence-electron chi connectivity index (χ0n) is 11.8. The molecule has 2 aromatic rings. The van der Waals surface area contributed by atoms with Crippen LogP contribution in [0.15, 0.2) is 24.3 Å². The minimum Gasteiger partial charge on any atom is -0.385 e. The third-order valence-corrected chi connectivity index (χ3v) is 4.17. The maximum absolute atomic E-state index is 14.0. The Labute approximate surface area is 123 Å². The summed E-state index contributed by atoms with van der Waals surface area (Å²) in [6.45, 7) is 3.63. The van der Waals surface area contributed by atoms with Crippen LogP contribution in [-0.2, 0) is 19.1 Å². The average molecular weight is 297 g/mol. The van der Waals surface area contributed by atoms with Gasteiger partial charge in [-0.25, -0.2) is 4.39 Å². The van der Waals surface area contributed by atoms with Crippen LogP contribution in [0.2, 0.25) is 5.02 Å². The topological polar surface area (TPSA) is 38.1 Å². The fourth-order valence-electron chi connectivity index (χ4n) is 2.40. The van der Waals surface area contributed by atoms with Gasteiger partial charge < -0.3 is 5.11 Å². The van der Waals surface area contributed by atoms with Gasteiger partial charge in [0.2, 0.25) is 0 Å². The van der Waals surface area contributed by atoms with Gasteiger partial charge in [-0.15, -0.1) is 0 Å². The molecule has 0 saturated heterocycles. The lowest BCUT2D eigenvalue weighted by Gasteiger charge is -2.28. The Hall–Kier alpha value is -1.39. The highest BCUT2D eigenvalue weighted by atomic mass is 35.5. The molecule has 0 spiro atoms. The molecule has 1 unspecified atom stereocenters. The quantitative estimate of drug-likeness (QED) is 0.939. The Morgan fingerprint density at radius 2 is 2.05 bits per heavy atom. The molecular formula is C15H18ClFN2O. The van der Waals surface area contributed by atoms with Gasteiger partial charge in [0.1, 0.15) is 5.82 Å². The van der Waals surface area contributed by atoms with Crippen LogP contribution in [0.3, 0.4) is 0 Å². The van der Waals surface area contributed by atoms with Crippen molar-refractivity contribution in [3.05, 3.63) is 52.1 Å². The summed E-state index contributed by atoms with van der Waals surface area (Å²) in [5.74, 6) is -0.410. The van der Waals surface area contributed by atoms with Gasteiger partial charge in [0.05, 0.1) is 22.0 Å². The number of rotatable bonds is 4. The van der Waals surface area contributed by atoms with Crippen LogP contribution < -0.4 is 0 Å². The molecule has 0 amide bonds. The molecule has 20 heavy (non-hydrogen) atoms. The normalized spacial score (nSPS) is 14.3. The first-order valence-corrected chi connectivity index (χ1v) is 6.92. The van der Waals surface area contributed by atoms with Crippen LogP contribution in [0.5, 0.6) is 0 Å². The Balaban J connectivity index is 2.45. The molecule has 1 N–H and O–H groups in total. The number of aromatic nitrogens is 2. The minimum absolute atomic E-state index is 0.223. The van der Waals surface area contributed by atoms with Crippen LogP contribution in [0.4, 0.5) is 4.39 Å². The van der Waals surface area contributed by atoms with Gasteiger partial charge in [-0.1, -0.05) is 36.7 Å². The fourth-order valence-corrected chi connectivity index (χ4v) is 2.63. The van der Waals surface area contributed by atoms with Crippen molar-refractivity contribution in [1.29, 1.82) is 0 Å². The SMILES string of the molecule is CCC(O)(Cc1c(Cl)c(C)nn1C)c1ccccc1F. The minimum atomic E-state index is -1.30. The van der Waals surface area contributed by atoms with Crippen molar-refractivity contribution in [1.82, 2.24) is 9.78 Å². The number of nitrogens with zero attached hydrogens (tertiary/aromatic N) is 2. The highest BCUT2D eigenvalue weighted by Crippen LogP contribution is 2.33. The van der Waals surface area contributed by atoms with Crippen LogP contribution in [-0.4, -0.2) is 14.9 Å². The average Bonchev–Trinajstić information content (AvgIpc) is 2.65. The summed E-state index contributed by atoms with van der Waals surface area (Å²) in [6.07, 6.45) is 0.606. The molecule has 3 nitrogen and oxygen atoms in total. The van der Waals surface area contributed by atoms with E-state index in [1.54, 1.807) is 36.9 Å². The molecule has 0 fully saturated rings. The van der Waals surface area contributed by atoms with Gasteiger partial charge in [-0.05, 0) is 19.4 Å². The van der Waals surface area contributed by atoms with Gasteiger partial charge in [-0.3, -0.25) is 4.68 Å². The Kier molecular flexibility index (Phi) is 4.16. The van der Waals surface area contributed by atoms with Crippen LogP contribution in [0.25, 0.3) is 0 Å². The lowest BCUT2D eigenvalue weighted by atomic mass is 9.86. The first-order chi connectivity index (χ1) is 9.39. The summed E-state index contributed by atoms with van der Waals surface area (Å²) in [5, 5.41) is 15.6. The van der Waals surface area contributed by atoms with E-state index < -0.39 is 11.4 Å². The standard InChI is InChI=1S/C15H18ClFN2O/c1-4-15(20,11-7-5-6-8-12(11)17)9-13-14(16)10(2)18-19(13)3/h5-8,20H,4,9H2,1-3H3. The van der Waals surface area contributed by atoms with E-state index in [-0.39, 0.29) is 12.0 Å². The largest absolute Gasteiger partial charge is 0.385 e. The molecule has 0 saturated carbocycles. The molecule has 1 aromatic heterocycles. The summed E-state index contributed by atoms with van der Waals surface area (Å²) in [7, 11) is 1.77. The molecule has 108 valence electrons. The number of halogens is 2. The molecule has 0 bridgehead atoms. The monoisotopic (exact) mass is 296 g/mol. The van der Waals surface area contributed by atoms with E-state index in [0.717, 1.165) is 0 Å². The number of aliphatic hydroxyl groups is 1. The van der Waals surface area contributed by atoms with E-state index in [1.807, 2.05) is 6.92 Å². The zero-order chi connectivity index (χ0) is 14.9. The second kappa shape index (κ2) is 5.54. The molecule has 1 heterocycles. The molecular weight excluding hydrogens is 279 g/mol. The van der Waals surface area contributed by atoms with Gasteiger partial charge in [0.25, 0.3) is 0 Å². The van der Waals surface area contributed by atoms with Crippen molar-refractivity contribution in [2.24, 2.45) is 7.05 Å². The van der Waals surface area contributed by atoms with Crippen molar-refractivity contribution in [3.8, 4) is 0 Å². The smallest absolute Gasteiger partial charge is 0.129 e. The third-order valence-electron chi connectivity index (χ3n) is 3.68. The summed E-state index contributed by atoms with van der Waals surface area (Å²) in [6, 6.07) is 6.29. The Bertz CT molecular complexity index is 626. The summed E-state index contributed by atoms with van der Waals surface area (Å²) >= 11 is 6.22. The Morgan fingerprint density at radius 3 is 2.55 bits per heavy atom. The molecule has 0 aliphatic carbocycles. The number of benzene rings is 1. The van der Waals surface area contributed by atoms with Gasteiger partial charge in [0.15, 0.2) is 0 Å². The van der Waals surface area contributed by atoms with Crippen LogP contribution in [0.1, 0.15) is 30.3 Å². The third kappa shape index (κ3) is 2.58. The summed E-state index contributed by atoms with van der Waals surface area (Å²) in [4.78, 5) is 0. The van der Waals surface area contributed by atoms with E-state index in [2.05, 4.69) is 5.10 Å². The molecule has 0 aliphatic heterocycles. The van der Waals surface area contributed by atoms with Crippen molar-refractivity contribution in [2.45, 2.75) is 32.3 Å². The molecule has 2 rings (SSSR count). The molecule has 1 atom stereocenters. The fraction of sp³-hybridized carbons (Fsp3) is 0.400. The van der Waals surface area contributed by atoms with Crippen molar-refractivity contribution >= 4 is 11.6 Å². The van der Waals surface area contributed by atoms with Crippen molar-refractivity contribution < 1.29 is 9.50 Å². The summed E-state index contributed by atoms with van der Waals surface area (Å²) < 4.78 is 15.6. The number of aryl methyl sites for hydroxylation is 2. The van der Waals surface area contributed by atoms with E-state index in [0.29, 0.717) is 22.8 Å². The van der Waals surface area contributed by atoms with Gasteiger partial charge in [-0.2, -0.15) is 5.10 Å².